The Bertz CT molecular complexity index is 530. The number of aromatic nitrogens is 2. The van der Waals surface area contributed by atoms with Crippen LogP contribution in [0.15, 0.2) is 24.3 Å². The van der Waals surface area contributed by atoms with Gasteiger partial charge in [0.15, 0.2) is 0 Å². The highest BCUT2D eigenvalue weighted by Crippen LogP contribution is 2.28. The molecule has 1 aliphatic rings. The summed E-state index contributed by atoms with van der Waals surface area (Å²) in [5.41, 5.74) is 2.37. The van der Waals surface area contributed by atoms with Gasteiger partial charge >= 0.3 is 0 Å². The summed E-state index contributed by atoms with van der Waals surface area (Å²) in [6.07, 6.45) is 2.46. The van der Waals surface area contributed by atoms with Crippen LogP contribution in [0.1, 0.15) is 44.6 Å². The van der Waals surface area contributed by atoms with Crippen molar-refractivity contribution in [2.45, 2.75) is 38.8 Å². The molecule has 1 unspecified atom stereocenters. The maximum atomic E-state index is 4.82. The summed E-state index contributed by atoms with van der Waals surface area (Å²) in [6, 6.07) is 9.32. The molecular formula is C14H21Cl2N3. The van der Waals surface area contributed by atoms with Crippen LogP contribution in [0, 0.1) is 0 Å². The lowest BCUT2D eigenvalue weighted by Gasteiger charge is -2.17. The minimum atomic E-state index is 0. The number of hydrogen-bond donors (Lipinski definition) is 1. The Balaban J connectivity index is 0.000000902. The number of para-hydroxylation sites is 2. The van der Waals surface area contributed by atoms with Crippen LogP contribution in [0.5, 0.6) is 0 Å². The van der Waals surface area contributed by atoms with Gasteiger partial charge < -0.3 is 9.88 Å². The van der Waals surface area contributed by atoms with Gasteiger partial charge in [0.2, 0.25) is 0 Å². The molecule has 0 aliphatic carbocycles. The fourth-order valence-electron chi connectivity index (χ4n) is 2.76. The molecule has 2 aromatic rings. The van der Waals surface area contributed by atoms with Gasteiger partial charge in [0, 0.05) is 6.04 Å². The van der Waals surface area contributed by atoms with Crippen molar-refractivity contribution in [1.82, 2.24) is 14.9 Å². The van der Waals surface area contributed by atoms with E-state index in [2.05, 4.69) is 48.0 Å². The van der Waals surface area contributed by atoms with E-state index in [1.54, 1.807) is 0 Å². The second-order valence-electron chi connectivity index (χ2n) is 5.07. The van der Waals surface area contributed by atoms with E-state index < -0.39 is 0 Å². The summed E-state index contributed by atoms with van der Waals surface area (Å²) in [5.74, 6) is 1.21. The molecule has 2 heterocycles. The highest BCUT2D eigenvalue weighted by Gasteiger charge is 2.23. The van der Waals surface area contributed by atoms with Crippen molar-refractivity contribution in [3.63, 3.8) is 0 Å². The van der Waals surface area contributed by atoms with Crippen molar-refractivity contribution in [3.05, 3.63) is 30.1 Å². The highest BCUT2D eigenvalue weighted by molar-refractivity contribution is 5.85. The van der Waals surface area contributed by atoms with E-state index in [4.69, 9.17) is 4.98 Å². The lowest BCUT2D eigenvalue weighted by atomic mass is 10.2. The quantitative estimate of drug-likeness (QED) is 0.912. The van der Waals surface area contributed by atoms with Crippen molar-refractivity contribution in [2.75, 3.05) is 6.54 Å². The predicted molar refractivity (Wildman–Crippen MR) is 84.6 cm³/mol. The SMILES string of the molecule is CC(C)n1c(C2CCCN2)nc2ccccc21.Cl.Cl. The minimum absolute atomic E-state index is 0. The molecule has 1 aliphatic heterocycles. The zero-order valence-corrected chi connectivity index (χ0v) is 12.9. The lowest BCUT2D eigenvalue weighted by molar-refractivity contribution is 0.517. The van der Waals surface area contributed by atoms with Crippen LogP contribution in [0.25, 0.3) is 11.0 Å². The molecule has 1 atom stereocenters. The molecule has 1 N–H and O–H groups in total. The van der Waals surface area contributed by atoms with Crippen molar-refractivity contribution >= 4 is 35.8 Å². The third-order valence-corrected chi connectivity index (χ3v) is 3.51. The Labute approximate surface area is 126 Å². The summed E-state index contributed by atoms with van der Waals surface area (Å²) in [7, 11) is 0. The minimum Gasteiger partial charge on any atom is -0.324 e. The number of nitrogens with zero attached hydrogens (tertiary/aromatic N) is 2. The van der Waals surface area contributed by atoms with E-state index in [9.17, 15) is 0 Å². The van der Waals surface area contributed by atoms with E-state index in [1.165, 1.54) is 24.2 Å². The van der Waals surface area contributed by atoms with Crippen LogP contribution in [0.2, 0.25) is 0 Å². The Kier molecular flexibility index (Phi) is 5.65. The first-order valence-corrected chi connectivity index (χ1v) is 6.47. The molecule has 1 aromatic heterocycles. The number of fused-ring (bicyclic) bond motifs is 1. The Hall–Kier alpha value is -0.770. The Morgan fingerprint density at radius 2 is 2.00 bits per heavy atom. The van der Waals surface area contributed by atoms with Gasteiger partial charge in [-0.1, -0.05) is 12.1 Å². The van der Waals surface area contributed by atoms with Crippen LogP contribution in [-0.2, 0) is 0 Å². The fourth-order valence-corrected chi connectivity index (χ4v) is 2.76. The maximum absolute atomic E-state index is 4.82. The third-order valence-electron chi connectivity index (χ3n) is 3.51. The standard InChI is InChI=1S/C14H19N3.2ClH/c1-10(2)17-13-8-4-3-6-11(13)16-14(17)12-7-5-9-15-12;;/h3-4,6,8,10,12,15H,5,7,9H2,1-2H3;2*1H. The smallest absolute Gasteiger partial charge is 0.127 e. The second kappa shape index (κ2) is 6.60. The first-order valence-electron chi connectivity index (χ1n) is 6.47. The number of rotatable bonds is 2. The normalized spacial score (nSPS) is 18.4. The van der Waals surface area contributed by atoms with Crippen molar-refractivity contribution < 1.29 is 0 Å². The zero-order valence-electron chi connectivity index (χ0n) is 11.3. The summed E-state index contributed by atoms with van der Waals surface area (Å²) in [5, 5.41) is 3.55. The average Bonchev–Trinajstić information content (AvgIpc) is 2.95. The molecule has 5 heteroatoms. The molecule has 0 saturated carbocycles. The van der Waals surface area contributed by atoms with Gasteiger partial charge in [0.25, 0.3) is 0 Å². The maximum Gasteiger partial charge on any atom is 0.127 e. The fraction of sp³-hybridized carbons (Fsp3) is 0.500. The van der Waals surface area contributed by atoms with Crippen LogP contribution in [0.3, 0.4) is 0 Å². The van der Waals surface area contributed by atoms with Gasteiger partial charge in [-0.05, 0) is 45.4 Å². The first-order chi connectivity index (χ1) is 8.27. The number of halogens is 2. The molecule has 1 aromatic carbocycles. The number of nitrogens with one attached hydrogen (secondary N) is 1. The van der Waals surface area contributed by atoms with Gasteiger partial charge in [0.1, 0.15) is 5.82 Å². The molecule has 0 amide bonds. The third kappa shape index (κ3) is 2.88. The molecular weight excluding hydrogens is 281 g/mol. The Morgan fingerprint density at radius 3 is 2.63 bits per heavy atom. The number of imidazole rings is 1. The average molecular weight is 302 g/mol. The zero-order chi connectivity index (χ0) is 11.8. The van der Waals surface area contributed by atoms with Crippen molar-refractivity contribution in [2.24, 2.45) is 0 Å². The molecule has 0 radical (unpaired) electrons. The van der Waals surface area contributed by atoms with E-state index >= 15 is 0 Å². The summed E-state index contributed by atoms with van der Waals surface area (Å²) < 4.78 is 2.37. The van der Waals surface area contributed by atoms with Crippen molar-refractivity contribution in [3.8, 4) is 0 Å². The van der Waals surface area contributed by atoms with Gasteiger partial charge in [-0.15, -0.1) is 24.8 Å². The highest BCUT2D eigenvalue weighted by atomic mass is 35.5. The second-order valence-corrected chi connectivity index (χ2v) is 5.07. The van der Waals surface area contributed by atoms with Crippen LogP contribution < -0.4 is 5.32 Å². The van der Waals surface area contributed by atoms with Crippen LogP contribution >= 0.6 is 24.8 Å². The topological polar surface area (TPSA) is 29.9 Å². The van der Waals surface area contributed by atoms with Crippen molar-refractivity contribution in [1.29, 1.82) is 0 Å². The molecule has 3 nitrogen and oxygen atoms in total. The predicted octanol–water partition coefficient (Wildman–Crippen LogP) is 3.89. The van der Waals surface area contributed by atoms with E-state index in [1.807, 2.05) is 0 Å². The lowest BCUT2D eigenvalue weighted by Crippen LogP contribution is -2.19. The number of benzene rings is 1. The van der Waals surface area contributed by atoms with E-state index in [0.717, 1.165) is 12.1 Å². The number of hydrogen-bond acceptors (Lipinski definition) is 2. The van der Waals surface area contributed by atoms with Crippen LogP contribution in [0.4, 0.5) is 0 Å². The monoisotopic (exact) mass is 301 g/mol. The molecule has 1 saturated heterocycles. The molecule has 3 rings (SSSR count). The molecule has 1 fully saturated rings. The van der Waals surface area contributed by atoms with Gasteiger partial charge in [-0.3, -0.25) is 0 Å². The van der Waals surface area contributed by atoms with E-state index in [-0.39, 0.29) is 24.8 Å². The van der Waals surface area contributed by atoms with Gasteiger partial charge in [-0.2, -0.15) is 0 Å². The van der Waals surface area contributed by atoms with Gasteiger partial charge in [0.05, 0.1) is 17.1 Å². The summed E-state index contributed by atoms with van der Waals surface area (Å²) in [6.45, 7) is 5.57. The first kappa shape index (κ1) is 16.3. The van der Waals surface area contributed by atoms with E-state index in [0.29, 0.717) is 12.1 Å². The Morgan fingerprint density at radius 1 is 1.26 bits per heavy atom. The van der Waals surface area contributed by atoms with Gasteiger partial charge in [-0.25, -0.2) is 4.98 Å². The molecule has 0 spiro atoms. The summed E-state index contributed by atoms with van der Waals surface area (Å²) >= 11 is 0. The summed E-state index contributed by atoms with van der Waals surface area (Å²) in [4.78, 5) is 4.82. The molecule has 0 bridgehead atoms. The van der Waals surface area contributed by atoms with Crippen LogP contribution in [-0.4, -0.2) is 16.1 Å². The largest absolute Gasteiger partial charge is 0.324 e. The molecule has 19 heavy (non-hydrogen) atoms. The molecule has 106 valence electrons.